The van der Waals surface area contributed by atoms with Gasteiger partial charge in [-0.2, -0.15) is 0 Å². The maximum atomic E-state index is 15.4. The molecule has 10 atom stereocenters. The molecule has 3 fully saturated rings. The average molecular weight is 463 g/mol. The highest BCUT2D eigenvalue weighted by Crippen LogP contribution is 2.67. The van der Waals surface area contributed by atoms with Crippen molar-refractivity contribution in [2.24, 2.45) is 40.4 Å². The molecule has 0 aromatic rings. The summed E-state index contributed by atoms with van der Waals surface area (Å²) >= 11 is 0. The molecule has 188 valence electrons. The lowest BCUT2D eigenvalue weighted by molar-refractivity contribution is -0.118. The van der Waals surface area contributed by atoms with Crippen LogP contribution in [0.4, 0.5) is 4.39 Å². The molecule has 0 heterocycles. The molecule has 3 saturated carbocycles. The second-order valence-electron chi connectivity index (χ2n) is 12.5. The standard InChI is InChI=1S/C29H47FO3/c1-5-7-18(6-2)27(33)26(32)11-9-19-8-10-22-21-17-25(30)24-16-20(31)12-14-29(24,4)23(21)13-15-28(19,22)3/h16,18-19,21-23,25-27,32-33H,5-15,17H2,1-4H3/t18-,19-,21?,22?,23?,25+,26?,27?,28-,29-/m1/s1. The minimum Gasteiger partial charge on any atom is -0.390 e. The third-order valence-corrected chi connectivity index (χ3v) is 11.0. The summed E-state index contributed by atoms with van der Waals surface area (Å²) in [4.78, 5) is 12.0. The maximum Gasteiger partial charge on any atom is 0.155 e. The number of halogens is 1. The van der Waals surface area contributed by atoms with E-state index in [0.717, 1.165) is 56.9 Å². The quantitative estimate of drug-likeness (QED) is 0.438. The first-order valence-electron chi connectivity index (χ1n) is 13.9. The lowest BCUT2D eigenvalue weighted by atomic mass is 9.46. The number of rotatable bonds is 8. The number of fused-ring (bicyclic) bond motifs is 5. The smallest absolute Gasteiger partial charge is 0.155 e. The zero-order valence-electron chi connectivity index (χ0n) is 21.4. The van der Waals surface area contributed by atoms with Crippen LogP contribution < -0.4 is 0 Å². The van der Waals surface area contributed by atoms with Crippen LogP contribution in [0, 0.1) is 40.4 Å². The molecule has 0 aromatic carbocycles. The van der Waals surface area contributed by atoms with Crippen LogP contribution in [-0.2, 0) is 4.79 Å². The summed E-state index contributed by atoms with van der Waals surface area (Å²) in [5.41, 5.74) is 0.860. The van der Waals surface area contributed by atoms with Crippen molar-refractivity contribution in [2.45, 2.75) is 123 Å². The first kappa shape index (κ1) is 25.4. The Hall–Kier alpha value is -0.740. The Bertz CT molecular complexity index is 749. The molecule has 5 unspecified atom stereocenters. The van der Waals surface area contributed by atoms with E-state index in [9.17, 15) is 15.0 Å². The topological polar surface area (TPSA) is 57.5 Å². The SMILES string of the molecule is CCC[C@@H](CC)C(O)C(O)CC[C@H]1CCC2C3C[C@H](F)C4=CC(=O)CC[C@]4(C)C3CC[C@@]21C. The van der Waals surface area contributed by atoms with Crippen molar-refractivity contribution < 1.29 is 19.4 Å². The Morgan fingerprint density at radius 3 is 2.55 bits per heavy atom. The molecule has 33 heavy (non-hydrogen) atoms. The molecule has 0 bridgehead atoms. The van der Waals surface area contributed by atoms with Crippen molar-refractivity contribution in [3.63, 3.8) is 0 Å². The van der Waals surface area contributed by atoms with Crippen molar-refractivity contribution in [3.8, 4) is 0 Å². The van der Waals surface area contributed by atoms with Gasteiger partial charge in [-0.15, -0.1) is 0 Å². The molecule has 4 heteroatoms. The molecule has 4 aliphatic rings. The van der Waals surface area contributed by atoms with E-state index in [-0.39, 0.29) is 22.5 Å². The second kappa shape index (κ2) is 9.72. The molecule has 0 spiro atoms. The fourth-order valence-corrected chi connectivity index (χ4v) is 8.99. The zero-order chi connectivity index (χ0) is 24.0. The molecular formula is C29H47FO3. The third kappa shape index (κ3) is 4.37. The van der Waals surface area contributed by atoms with Crippen LogP contribution in [0.1, 0.15) is 105 Å². The lowest BCUT2D eigenvalue weighted by Crippen LogP contribution is -2.53. The van der Waals surface area contributed by atoms with Gasteiger partial charge in [0.25, 0.3) is 0 Å². The fraction of sp³-hybridized carbons (Fsp3) is 0.897. The minimum absolute atomic E-state index is 0.107. The Morgan fingerprint density at radius 1 is 1.09 bits per heavy atom. The van der Waals surface area contributed by atoms with Gasteiger partial charge in [0.15, 0.2) is 5.78 Å². The van der Waals surface area contributed by atoms with Gasteiger partial charge in [-0.1, -0.05) is 40.5 Å². The van der Waals surface area contributed by atoms with E-state index in [2.05, 4.69) is 27.7 Å². The van der Waals surface area contributed by atoms with Crippen LogP contribution in [-0.4, -0.2) is 34.4 Å². The summed E-state index contributed by atoms with van der Waals surface area (Å²) in [7, 11) is 0. The van der Waals surface area contributed by atoms with Crippen LogP contribution in [0.25, 0.3) is 0 Å². The third-order valence-electron chi connectivity index (χ3n) is 11.0. The normalized spacial score (nSPS) is 43.2. The number of hydrogen-bond acceptors (Lipinski definition) is 3. The number of alkyl halides is 1. The Morgan fingerprint density at radius 2 is 1.85 bits per heavy atom. The van der Waals surface area contributed by atoms with Crippen molar-refractivity contribution >= 4 is 5.78 Å². The van der Waals surface area contributed by atoms with Gasteiger partial charge in [0.2, 0.25) is 0 Å². The van der Waals surface area contributed by atoms with Crippen molar-refractivity contribution in [2.75, 3.05) is 0 Å². The monoisotopic (exact) mass is 462 g/mol. The van der Waals surface area contributed by atoms with Gasteiger partial charge in [0, 0.05) is 6.42 Å². The van der Waals surface area contributed by atoms with E-state index in [1.807, 2.05) is 0 Å². The van der Waals surface area contributed by atoms with Gasteiger partial charge < -0.3 is 10.2 Å². The molecule has 0 aromatic heterocycles. The summed E-state index contributed by atoms with van der Waals surface area (Å²) < 4.78 is 15.4. The second-order valence-corrected chi connectivity index (χ2v) is 12.5. The number of ketones is 1. The Kier molecular flexibility index (Phi) is 7.47. The molecule has 4 aliphatic carbocycles. The van der Waals surface area contributed by atoms with Gasteiger partial charge in [-0.05, 0) is 110 Å². The predicted octanol–water partition coefficient (Wildman–Crippen LogP) is 6.41. The van der Waals surface area contributed by atoms with E-state index in [4.69, 9.17) is 0 Å². The van der Waals surface area contributed by atoms with Crippen LogP contribution in [0.3, 0.4) is 0 Å². The van der Waals surface area contributed by atoms with Gasteiger partial charge >= 0.3 is 0 Å². The van der Waals surface area contributed by atoms with E-state index in [1.165, 1.54) is 6.42 Å². The van der Waals surface area contributed by atoms with E-state index in [1.54, 1.807) is 6.08 Å². The molecule has 0 aliphatic heterocycles. The number of allylic oxidation sites excluding steroid dienone is 1. The van der Waals surface area contributed by atoms with Gasteiger partial charge in [-0.25, -0.2) is 4.39 Å². The Balaban J connectivity index is 1.44. The highest BCUT2D eigenvalue weighted by Gasteiger charge is 2.60. The number of carbonyl (C=O) groups is 1. The van der Waals surface area contributed by atoms with Gasteiger partial charge in [0.05, 0.1) is 12.2 Å². The summed E-state index contributed by atoms with van der Waals surface area (Å²) in [6, 6.07) is 0. The first-order chi connectivity index (χ1) is 15.7. The highest BCUT2D eigenvalue weighted by molar-refractivity contribution is 5.91. The summed E-state index contributed by atoms with van der Waals surface area (Å²) in [5, 5.41) is 21.5. The lowest BCUT2D eigenvalue weighted by Gasteiger charge is -2.58. The van der Waals surface area contributed by atoms with Crippen LogP contribution >= 0.6 is 0 Å². The molecule has 2 N–H and O–H groups in total. The summed E-state index contributed by atoms with van der Waals surface area (Å²) in [6.07, 6.45) is 10.5. The largest absolute Gasteiger partial charge is 0.390 e. The van der Waals surface area contributed by atoms with Crippen LogP contribution in [0.5, 0.6) is 0 Å². The molecule has 3 nitrogen and oxygen atoms in total. The zero-order valence-corrected chi connectivity index (χ0v) is 21.4. The van der Waals surface area contributed by atoms with Crippen molar-refractivity contribution in [1.29, 1.82) is 0 Å². The molecule has 0 radical (unpaired) electrons. The number of aliphatic hydroxyl groups excluding tert-OH is 2. The van der Waals surface area contributed by atoms with Crippen molar-refractivity contribution in [1.82, 2.24) is 0 Å². The minimum atomic E-state index is -0.969. The highest BCUT2D eigenvalue weighted by atomic mass is 19.1. The maximum absolute atomic E-state index is 15.4. The Labute approximate surface area is 200 Å². The van der Waals surface area contributed by atoms with Gasteiger partial charge in [0.1, 0.15) is 6.17 Å². The van der Waals surface area contributed by atoms with Crippen LogP contribution in [0.2, 0.25) is 0 Å². The molecule has 0 saturated heterocycles. The predicted molar refractivity (Wildman–Crippen MR) is 130 cm³/mol. The fourth-order valence-electron chi connectivity index (χ4n) is 8.99. The number of carbonyl (C=O) groups excluding carboxylic acids is 1. The summed E-state index contributed by atoms with van der Waals surface area (Å²) in [6.45, 7) is 8.91. The molecule has 0 amide bonds. The van der Waals surface area contributed by atoms with Crippen molar-refractivity contribution in [3.05, 3.63) is 11.6 Å². The molecule has 4 rings (SSSR count). The average Bonchev–Trinajstić information content (AvgIpc) is 3.13. The number of hydrogen-bond donors (Lipinski definition) is 2. The first-order valence-corrected chi connectivity index (χ1v) is 13.9. The van der Waals surface area contributed by atoms with Crippen LogP contribution in [0.15, 0.2) is 11.6 Å². The van der Waals surface area contributed by atoms with E-state index in [0.29, 0.717) is 42.9 Å². The van der Waals surface area contributed by atoms with E-state index < -0.39 is 18.4 Å². The molecular weight excluding hydrogens is 415 g/mol. The van der Waals surface area contributed by atoms with Gasteiger partial charge in [-0.3, -0.25) is 4.79 Å². The van der Waals surface area contributed by atoms with E-state index >= 15 is 4.39 Å². The number of aliphatic hydroxyl groups is 2. The summed E-state index contributed by atoms with van der Waals surface area (Å²) in [5.74, 6) is 2.28.